The summed E-state index contributed by atoms with van der Waals surface area (Å²) >= 11 is 0. The summed E-state index contributed by atoms with van der Waals surface area (Å²) in [5.41, 5.74) is 7.14. The number of aromatic nitrogens is 4. The first kappa shape index (κ1) is 27.9. The Morgan fingerprint density at radius 1 is 1.02 bits per heavy atom. The second-order valence-electron chi connectivity index (χ2n) is 13.1. The highest BCUT2D eigenvalue weighted by molar-refractivity contribution is 6.00. The molecule has 0 radical (unpaired) electrons. The van der Waals surface area contributed by atoms with Crippen molar-refractivity contribution in [3.63, 3.8) is 0 Å². The van der Waals surface area contributed by atoms with Crippen LogP contribution in [-0.4, -0.2) is 55.5 Å². The molecule has 2 aliphatic carbocycles. The molecule has 9 heteroatoms. The molecule has 8 rings (SSSR count). The summed E-state index contributed by atoms with van der Waals surface area (Å²) in [5, 5.41) is 3.94. The van der Waals surface area contributed by atoms with E-state index in [0.717, 1.165) is 76.3 Å². The van der Waals surface area contributed by atoms with Gasteiger partial charge in [-0.1, -0.05) is 18.2 Å². The number of nitrogens with one attached hydrogen (secondary N) is 1. The number of methoxy groups -OCH3 is 1. The molecule has 5 aromatic rings. The Kier molecular flexibility index (Phi) is 6.66. The number of imidazole rings is 1. The molecule has 0 spiro atoms. The number of hydrogen-bond acceptors (Lipinski definition) is 5. The number of nitrogens with zero attached hydrogens (tertiary/aromatic N) is 5. The van der Waals surface area contributed by atoms with Gasteiger partial charge in [0, 0.05) is 56.2 Å². The molecule has 2 amide bonds. The minimum atomic E-state index is -0.0498. The zero-order valence-corrected chi connectivity index (χ0v) is 26.0. The first-order valence-electron chi connectivity index (χ1n) is 16.1. The van der Waals surface area contributed by atoms with Crippen molar-refractivity contribution in [1.82, 2.24) is 29.3 Å². The van der Waals surface area contributed by atoms with Gasteiger partial charge in [0.15, 0.2) is 5.82 Å². The van der Waals surface area contributed by atoms with Crippen LogP contribution in [0.1, 0.15) is 54.9 Å². The smallest absolute Gasteiger partial charge is 0.254 e. The van der Waals surface area contributed by atoms with Crippen LogP contribution in [0.2, 0.25) is 0 Å². The lowest BCUT2D eigenvalue weighted by atomic mass is 10.1. The molecule has 2 aromatic carbocycles. The quantitative estimate of drug-likeness (QED) is 0.237. The van der Waals surface area contributed by atoms with Crippen molar-refractivity contribution in [2.45, 2.75) is 58.2 Å². The van der Waals surface area contributed by atoms with Gasteiger partial charge in [-0.05, 0) is 85.9 Å². The van der Waals surface area contributed by atoms with Gasteiger partial charge >= 0.3 is 0 Å². The van der Waals surface area contributed by atoms with Crippen molar-refractivity contribution in [1.29, 1.82) is 0 Å². The monoisotopic (exact) mass is 602 g/mol. The maximum atomic E-state index is 13.7. The zero-order chi connectivity index (χ0) is 30.8. The molecule has 2 unspecified atom stereocenters. The predicted octanol–water partition coefficient (Wildman–Crippen LogP) is 5.94. The molecule has 45 heavy (non-hydrogen) atoms. The van der Waals surface area contributed by atoms with E-state index in [2.05, 4.69) is 49.7 Å². The molecule has 2 bridgehead atoms. The Morgan fingerprint density at radius 2 is 1.89 bits per heavy atom. The molecule has 1 saturated heterocycles. The number of rotatable bonds is 8. The molecule has 2 atom stereocenters. The number of pyridine rings is 1. The van der Waals surface area contributed by atoms with E-state index in [9.17, 15) is 9.59 Å². The van der Waals surface area contributed by atoms with Gasteiger partial charge in [-0.2, -0.15) is 0 Å². The van der Waals surface area contributed by atoms with E-state index in [1.165, 1.54) is 26.2 Å². The van der Waals surface area contributed by atoms with Gasteiger partial charge in [-0.25, -0.2) is 9.97 Å². The Hall–Kier alpha value is -4.66. The van der Waals surface area contributed by atoms with Gasteiger partial charge in [-0.3, -0.25) is 9.59 Å². The molecule has 3 aliphatic rings. The number of hydrogen-bond donors (Lipinski definition) is 1. The third-order valence-electron chi connectivity index (χ3n) is 9.95. The average Bonchev–Trinajstić information content (AvgIpc) is 3.33. The lowest BCUT2D eigenvalue weighted by Crippen LogP contribution is -2.37. The van der Waals surface area contributed by atoms with Crippen LogP contribution in [0.15, 0.2) is 54.6 Å². The van der Waals surface area contributed by atoms with Gasteiger partial charge in [0.1, 0.15) is 16.9 Å². The molecular weight excluding hydrogens is 564 g/mol. The van der Waals surface area contributed by atoms with E-state index in [1.807, 2.05) is 31.3 Å². The summed E-state index contributed by atoms with van der Waals surface area (Å²) in [7, 11) is 3.68. The second-order valence-corrected chi connectivity index (χ2v) is 13.1. The fourth-order valence-electron chi connectivity index (χ4n) is 7.44. The highest BCUT2D eigenvalue weighted by Gasteiger charge is 2.40. The number of likely N-dealkylation sites (tertiary alicyclic amines) is 1. The lowest BCUT2D eigenvalue weighted by Gasteiger charge is -2.27. The highest BCUT2D eigenvalue weighted by Crippen LogP contribution is 2.40. The summed E-state index contributed by atoms with van der Waals surface area (Å²) in [6, 6.07) is 18.7. The zero-order valence-electron chi connectivity index (χ0n) is 26.0. The van der Waals surface area contributed by atoms with Crippen LogP contribution >= 0.6 is 0 Å². The maximum absolute atomic E-state index is 13.7. The third kappa shape index (κ3) is 4.94. The fraction of sp³-hybridized carbons (Fsp3) is 0.389. The largest absolute Gasteiger partial charge is 0.494 e. The number of benzene rings is 2. The molecule has 9 nitrogen and oxygen atoms in total. The van der Waals surface area contributed by atoms with Crippen LogP contribution in [0.4, 0.5) is 0 Å². The molecule has 4 heterocycles. The van der Waals surface area contributed by atoms with E-state index < -0.39 is 0 Å². The molecule has 2 saturated carbocycles. The van der Waals surface area contributed by atoms with Crippen LogP contribution in [0.25, 0.3) is 44.8 Å². The number of piperidine rings is 1. The minimum absolute atomic E-state index is 0.0498. The minimum Gasteiger partial charge on any atom is -0.494 e. The van der Waals surface area contributed by atoms with Crippen LogP contribution in [0.5, 0.6) is 5.75 Å². The number of carbonyl (C=O) groups is 2. The topological polar surface area (TPSA) is 94.3 Å². The molecule has 1 aliphatic heterocycles. The fourth-order valence-corrected chi connectivity index (χ4v) is 7.44. The molecule has 3 fully saturated rings. The summed E-state index contributed by atoms with van der Waals surface area (Å²) in [5.74, 6) is 2.77. The van der Waals surface area contributed by atoms with Gasteiger partial charge < -0.3 is 24.1 Å². The van der Waals surface area contributed by atoms with Crippen molar-refractivity contribution in [3.8, 4) is 28.5 Å². The first-order chi connectivity index (χ1) is 21.9. The highest BCUT2D eigenvalue weighted by atomic mass is 16.5. The number of ether oxygens (including phenoxy) is 1. The van der Waals surface area contributed by atoms with Crippen LogP contribution < -0.4 is 10.1 Å². The van der Waals surface area contributed by atoms with Gasteiger partial charge in [0.25, 0.3) is 5.91 Å². The average molecular weight is 603 g/mol. The van der Waals surface area contributed by atoms with E-state index in [0.29, 0.717) is 35.7 Å². The molecule has 1 N–H and O–H groups in total. The van der Waals surface area contributed by atoms with E-state index in [-0.39, 0.29) is 11.8 Å². The van der Waals surface area contributed by atoms with E-state index in [1.54, 1.807) is 7.11 Å². The van der Waals surface area contributed by atoms with Gasteiger partial charge in [-0.15, -0.1) is 0 Å². The number of amides is 2. The Morgan fingerprint density at radius 3 is 2.62 bits per heavy atom. The Labute approximate surface area is 262 Å². The second kappa shape index (κ2) is 10.8. The Balaban J connectivity index is 1.21. The normalized spacial score (nSPS) is 19.1. The third-order valence-corrected chi connectivity index (χ3v) is 9.95. The number of aryl methyl sites for hydroxylation is 1. The van der Waals surface area contributed by atoms with E-state index >= 15 is 0 Å². The summed E-state index contributed by atoms with van der Waals surface area (Å²) in [6.07, 6.45) is 5.89. The van der Waals surface area contributed by atoms with Gasteiger partial charge in [0.05, 0.1) is 24.0 Å². The van der Waals surface area contributed by atoms with Crippen LogP contribution in [-0.2, 0) is 24.9 Å². The van der Waals surface area contributed by atoms with Crippen molar-refractivity contribution < 1.29 is 14.3 Å². The van der Waals surface area contributed by atoms with E-state index in [4.69, 9.17) is 14.7 Å². The predicted molar refractivity (Wildman–Crippen MR) is 174 cm³/mol. The number of fused-ring (bicyclic) bond motifs is 4. The standard InChI is InChI=1S/C36H38N6O3/c1-21(43)37-18-23-5-4-6-25(13-23)29-12-10-26-16-31(42(34(26)38-29)19-22-7-8-22)35-39-30-15-27(17-32(45-3)33(30)40(35)2)36(44)41-20-24-9-11-28(41)14-24/h4-6,10,12-13,15-17,22,24,28H,7-9,11,14,18-20H2,1-3H3,(H,37,43). The van der Waals surface area contributed by atoms with Crippen molar-refractivity contribution in [2.24, 2.45) is 18.9 Å². The molecule has 3 aromatic heterocycles. The maximum Gasteiger partial charge on any atom is 0.254 e. The molecule has 230 valence electrons. The van der Waals surface area contributed by atoms with Crippen LogP contribution in [0.3, 0.4) is 0 Å². The summed E-state index contributed by atoms with van der Waals surface area (Å²) in [4.78, 5) is 37.5. The Bertz CT molecular complexity index is 1990. The van der Waals surface area contributed by atoms with Crippen LogP contribution in [0, 0.1) is 11.8 Å². The number of carbonyl (C=O) groups excluding carboxylic acids is 2. The van der Waals surface area contributed by atoms with Crippen molar-refractivity contribution in [2.75, 3.05) is 13.7 Å². The molecular formula is C36H38N6O3. The SMILES string of the molecule is COc1cc(C(=O)N2CC3CCC2C3)cc2nc(-c3cc4ccc(-c5cccc(CNC(C)=O)c5)nc4n3CC3CC3)n(C)c12. The first-order valence-corrected chi connectivity index (χ1v) is 16.1. The summed E-state index contributed by atoms with van der Waals surface area (Å²) in [6.45, 7) is 3.74. The van der Waals surface area contributed by atoms with Crippen molar-refractivity contribution in [3.05, 3.63) is 65.7 Å². The summed E-state index contributed by atoms with van der Waals surface area (Å²) < 4.78 is 10.3. The lowest BCUT2D eigenvalue weighted by molar-refractivity contribution is -0.119. The van der Waals surface area contributed by atoms with Crippen molar-refractivity contribution >= 4 is 33.9 Å². The van der Waals surface area contributed by atoms with Gasteiger partial charge in [0.2, 0.25) is 5.91 Å².